The Morgan fingerprint density at radius 3 is 2.74 bits per heavy atom. The van der Waals surface area contributed by atoms with Crippen molar-refractivity contribution in [2.45, 2.75) is 18.2 Å². The summed E-state index contributed by atoms with van der Waals surface area (Å²) < 4.78 is 40.0. The number of nitrogen functional groups attached to an aromatic ring is 1. The average Bonchev–Trinajstić information content (AvgIpc) is 2.31. The number of nitrogens with one attached hydrogen (secondary N) is 1. The van der Waals surface area contributed by atoms with Gasteiger partial charge in [0.2, 0.25) is 10.0 Å². The Labute approximate surface area is 120 Å². The van der Waals surface area contributed by atoms with Crippen molar-refractivity contribution in [3.63, 3.8) is 0 Å². The molecule has 0 aliphatic carbocycles. The summed E-state index contributed by atoms with van der Waals surface area (Å²) in [5.74, 6) is -0.927. The van der Waals surface area contributed by atoms with E-state index >= 15 is 0 Å². The summed E-state index contributed by atoms with van der Waals surface area (Å²) in [6.07, 6.45) is 0.464. The van der Waals surface area contributed by atoms with Crippen LogP contribution in [0, 0.1) is 11.7 Å². The van der Waals surface area contributed by atoms with Crippen molar-refractivity contribution in [3.8, 4) is 0 Å². The SMILES string of the molecule is CC(CCO)CNS(=O)(=O)c1cc(N)cc(Br)c1F. The van der Waals surface area contributed by atoms with Gasteiger partial charge in [-0.1, -0.05) is 6.92 Å². The molecule has 4 N–H and O–H groups in total. The highest BCUT2D eigenvalue weighted by molar-refractivity contribution is 9.10. The van der Waals surface area contributed by atoms with Gasteiger partial charge in [-0.15, -0.1) is 0 Å². The van der Waals surface area contributed by atoms with Gasteiger partial charge in [0.15, 0.2) is 5.82 Å². The molecule has 0 aliphatic heterocycles. The third-order valence-corrected chi connectivity index (χ3v) is 4.55. The van der Waals surface area contributed by atoms with Gasteiger partial charge in [-0.2, -0.15) is 0 Å². The number of aliphatic hydroxyl groups is 1. The van der Waals surface area contributed by atoms with Gasteiger partial charge >= 0.3 is 0 Å². The fourth-order valence-electron chi connectivity index (χ4n) is 1.43. The Morgan fingerprint density at radius 2 is 2.16 bits per heavy atom. The van der Waals surface area contributed by atoms with E-state index in [4.69, 9.17) is 10.8 Å². The molecule has 0 amide bonds. The fourth-order valence-corrected chi connectivity index (χ4v) is 3.34. The zero-order valence-electron chi connectivity index (χ0n) is 10.4. The van der Waals surface area contributed by atoms with E-state index in [-0.39, 0.29) is 29.2 Å². The largest absolute Gasteiger partial charge is 0.399 e. The number of benzene rings is 1. The molecule has 1 rings (SSSR count). The summed E-state index contributed by atoms with van der Waals surface area (Å²) >= 11 is 2.91. The molecule has 8 heteroatoms. The van der Waals surface area contributed by atoms with Crippen molar-refractivity contribution in [1.29, 1.82) is 0 Å². The van der Waals surface area contributed by atoms with E-state index in [0.717, 1.165) is 6.07 Å². The molecule has 1 aromatic rings. The molecular weight excluding hydrogens is 339 g/mol. The Kier molecular flexibility index (Phi) is 5.72. The fraction of sp³-hybridized carbons (Fsp3) is 0.455. The van der Waals surface area contributed by atoms with Crippen LogP contribution in [0.2, 0.25) is 0 Å². The molecule has 1 atom stereocenters. The highest BCUT2D eigenvalue weighted by Gasteiger charge is 2.22. The number of hydrogen-bond donors (Lipinski definition) is 3. The van der Waals surface area contributed by atoms with Crippen molar-refractivity contribution in [2.75, 3.05) is 18.9 Å². The van der Waals surface area contributed by atoms with Gasteiger partial charge < -0.3 is 10.8 Å². The van der Waals surface area contributed by atoms with Gasteiger partial charge in [0.1, 0.15) is 4.90 Å². The van der Waals surface area contributed by atoms with Crippen molar-refractivity contribution >= 4 is 31.6 Å². The molecular formula is C11H16BrFN2O3S. The van der Waals surface area contributed by atoms with Gasteiger partial charge in [0.25, 0.3) is 0 Å². The minimum absolute atomic E-state index is 0.00344. The zero-order valence-corrected chi connectivity index (χ0v) is 12.8. The molecule has 108 valence electrons. The first-order chi connectivity index (χ1) is 8.77. The second-order valence-corrected chi connectivity index (χ2v) is 6.87. The van der Waals surface area contributed by atoms with Crippen molar-refractivity contribution < 1.29 is 17.9 Å². The maximum Gasteiger partial charge on any atom is 0.243 e. The number of nitrogens with two attached hydrogens (primary N) is 1. The highest BCUT2D eigenvalue weighted by atomic mass is 79.9. The van der Waals surface area contributed by atoms with Gasteiger partial charge in [-0.05, 0) is 40.4 Å². The number of rotatable bonds is 6. The maximum absolute atomic E-state index is 13.8. The quantitative estimate of drug-likeness (QED) is 0.674. The lowest BCUT2D eigenvalue weighted by Gasteiger charge is -2.13. The van der Waals surface area contributed by atoms with E-state index in [1.807, 2.05) is 0 Å². The molecule has 1 aromatic carbocycles. The average molecular weight is 355 g/mol. The summed E-state index contributed by atoms with van der Waals surface area (Å²) in [6, 6.07) is 2.36. The van der Waals surface area contributed by atoms with E-state index in [1.165, 1.54) is 6.07 Å². The topological polar surface area (TPSA) is 92.4 Å². The van der Waals surface area contributed by atoms with Crippen LogP contribution >= 0.6 is 15.9 Å². The Morgan fingerprint density at radius 1 is 1.53 bits per heavy atom. The second-order valence-electron chi connectivity index (χ2n) is 4.28. The Balaban J connectivity index is 2.95. The Bertz CT molecular complexity index is 551. The molecule has 0 aromatic heterocycles. The molecule has 0 bridgehead atoms. The van der Waals surface area contributed by atoms with Crippen LogP contribution in [0.1, 0.15) is 13.3 Å². The van der Waals surface area contributed by atoms with E-state index < -0.39 is 20.7 Å². The van der Waals surface area contributed by atoms with E-state index in [0.29, 0.717) is 6.42 Å². The third kappa shape index (κ3) is 4.41. The number of aliphatic hydroxyl groups excluding tert-OH is 1. The smallest absolute Gasteiger partial charge is 0.243 e. The molecule has 0 heterocycles. The summed E-state index contributed by atoms with van der Waals surface area (Å²) in [6.45, 7) is 1.88. The number of sulfonamides is 1. The summed E-state index contributed by atoms with van der Waals surface area (Å²) in [4.78, 5) is -0.490. The molecule has 0 radical (unpaired) electrons. The van der Waals surface area contributed by atoms with Crippen molar-refractivity contribution in [1.82, 2.24) is 4.72 Å². The molecule has 5 nitrogen and oxygen atoms in total. The van der Waals surface area contributed by atoms with Crippen LogP contribution < -0.4 is 10.5 Å². The Hall–Kier alpha value is -0.700. The molecule has 0 spiro atoms. The summed E-state index contributed by atoms with van der Waals surface area (Å²) in [7, 11) is -3.97. The van der Waals surface area contributed by atoms with Crippen LogP contribution in [0.15, 0.2) is 21.5 Å². The first kappa shape index (κ1) is 16.4. The number of anilines is 1. The van der Waals surface area contributed by atoms with Gasteiger partial charge in [-0.25, -0.2) is 17.5 Å². The van der Waals surface area contributed by atoms with Crippen LogP contribution in [0.4, 0.5) is 10.1 Å². The zero-order chi connectivity index (χ0) is 14.6. The lowest BCUT2D eigenvalue weighted by molar-refractivity contribution is 0.263. The van der Waals surface area contributed by atoms with Crippen LogP contribution in [0.3, 0.4) is 0 Å². The standard InChI is InChI=1S/C11H16BrFN2O3S/c1-7(2-3-16)6-15-19(17,18)10-5-8(14)4-9(12)11(10)13/h4-5,7,15-16H,2-3,6,14H2,1H3. The normalized spacial score (nSPS) is 13.5. The maximum atomic E-state index is 13.8. The van der Waals surface area contributed by atoms with Gasteiger partial charge in [0.05, 0.1) is 4.47 Å². The molecule has 19 heavy (non-hydrogen) atoms. The first-order valence-corrected chi connectivity index (χ1v) is 7.90. The molecule has 0 fully saturated rings. The minimum Gasteiger partial charge on any atom is -0.399 e. The van der Waals surface area contributed by atoms with E-state index in [9.17, 15) is 12.8 Å². The number of hydrogen-bond acceptors (Lipinski definition) is 4. The molecule has 1 unspecified atom stereocenters. The minimum atomic E-state index is -3.97. The van der Waals surface area contributed by atoms with Crippen LogP contribution in [-0.4, -0.2) is 26.7 Å². The van der Waals surface area contributed by atoms with Gasteiger partial charge in [-0.3, -0.25) is 0 Å². The lowest BCUT2D eigenvalue weighted by Crippen LogP contribution is -2.29. The van der Waals surface area contributed by atoms with Crippen molar-refractivity contribution in [3.05, 3.63) is 22.4 Å². The predicted octanol–water partition coefficient (Wildman–Crippen LogP) is 1.47. The monoisotopic (exact) mass is 354 g/mol. The summed E-state index contributed by atoms with van der Waals surface area (Å²) in [5, 5.41) is 8.74. The molecule has 0 aliphatic rings. The molecule has 0 saturated carbocycles. The van der Waals surface area contributed by atoms with E-state index in [2.05, 4.69) is 20.7 Å². The first-order valence-electron chi connectivity index (χ1n) is 5.63. The van der Waals surface area contributed by atoms with Gasteiger partial charge in [0, 0.05) is 18.8 Å². The van der Waals surface area contributed by atoms with Crippen LogP contribution in [-0.2, 0) is 10.0 Å². The van der Waals surface area contributed by atoms with E-state index in [1.54, 1.807) is 6.92 Å². The predicted molar refractivity (Wildman–Crippen MR) is 74.6 cm³/mol. The third-order valence-electron chi connectivity index (χ3n) is 2.55. The summed E-state index contributed by atoms with van der Waals surface area (Å²) in [5.41, 5.74) is 5.66. The highest BCUT2D eigenvalue weighted by Crippen LogP contribution is 2.26. The van der Waals surface area contributed by atoms with Crippen LogP contribution in [0.5, 0.6) is 0 Å². The second kappa shape index (κ2) is 6.65. The van der Waals surface area contributed by atoms with Crippen LogP contribution in [0.25, 0.3) is 0 Å². The molecule has 0 saturated heterocycles. The van der Waals surface area contributed by atoms with Crippen molar-refractivity contribution in [2.24, 2.45) is 5.92 Å². The number of halogens is 2. The lowest BCUT2D eigenvalue weighted by atomic mass is 10.1.